The summed E-state index contributed by atoms with van der Waals surface area (Å²) in [5.41, 5.74) is 2.95. The number of carbonyl (C=O) groups is 4. The number of rotatable bonds is 17. The summed E-state index contributed by atoms with van der Waals surface area (Å²) in [6, 6.07) is 17.0. The van der Waals surface area contributed by atoms with Gasteiger partial charge in [0.15, 0.2) is 0 Å². The maximum atomic E-state index is 12.7. The van der Waals surface area contributed by atoms with Crippen molar-refractivity contribution < 1.29 is 52.3 Å². The molecule has 0 radical (unpaired) electrons. The van der Waals surface area contributed by atoms with Crippen LogP contribution in [0.25, 0.3) is 0 Å². The third kappa shape index (κ3) is 14.9. The van der Waals surface area contributed by atoms with Crippen LogP contribution in [0.4, 0.5) is 0 Å². The van der Waals surface area contributed by atoms with Crippen LogP contribution in [0.1, 0.15) is 49.9 Å². The molecule has 284 valence electrons. The molecule has 0 fully saturated rings. The Kier molecular flexibility index (Phi) is 16.6. The first-order chi connectivity index (χ1) is 26.2. The maximum absolute atomic E-state index is 12.7. The fraction of sp³-hybridized carbons (Fsp3) is 0.227. The van der Waals surface area contributed by atoms with Gasteiger partial charge in [0, 0.05) is 45.6 Å². The van der Waals surface area contributed by atoms with Gasteiger partial charge in [-0.1, -0.05) is 50.0 Å². The van der Waals surface area contributed by atoms with Crippen LogP contribution in [-0.4, -0.2) is 63.5 Å². The predicted octanol–water partition coefficient (Wildman–Crippen LogP) is 6.46. The highest BCUT2D eigenvalue weighted by molar-refractivity contribution is 5.89. The van der Waals surface area contributed by atoms with Gasteiger partial charge in [0.05, 0.1) is 11.1 Å². The highest BCUT2D eigenvalue weighted by Crippen LogP contribution is 2.29. The molecule has 0 aliphatic carbocycles. The van der Waals surface area contributed by atoms with Gasteiger partial charge in [0.1, 0.15) is 62.6 Å². The van der Waals surface area contributed by atoms with Crippen molar-refractivity contribution in [1.82, 2.24) is 0 Å². The van der Waals surface area contributed by atoms with E-state index in [0.29, 0.717) is 50.6 Å². The molecule has 3 aromatic carbocycles. The van der Waals surface area contributed by atoms with E-state index in [1.54, 1.807) is 68.4 Å². The van der Waals surface area contributed by atoms with Gasteiger partial charge < -0.3 is 33.2 Å². The van der Waals surface area contributed by atoms with Crippen molar-refractivity contribution in [3.8, 4) is 46.7 Å². The van der Waals surface area contributed by atoms with E-state index in [1.165, 1.54) is 19.9 Å². The molecule has 0 unspecified atom stereocenters. The highest BCUT2D eigenvalue weighted by Gasteiger charge is 2.15. The van der Waals surface area contributed by atoms with Crippen molar-refractivity contribution in [3.63, 3.8) is 0 Å². The molecule has 0 saturated carbocycles. The lowest BCUT2D eigenvalue weighted by molar-refractivity contribution is -0.140. The van der Waals surface area contributed by atoms with E-state index in [2.05, 4.69) is 50.0 Å². The molecule has 55 heavy (non-hydrogen) atoms. The second kappa shape index (κ2) is 21.5. The molecule has 3 rings (SSSR count). The number of benzene rings is 3. The molecular formula is C44H42O11. The Morgan fingerprint density at radius 3 is 1.18 bits per heavy atom. The molecule has 0 spiro atoms. The third-order valence-corrected chi connectivity index (χ3v) is 6.81. The average Bonchev–Trinajstić information content (AvgIpc) is 3.16. The molecule has 11 nitrogen and oxygen atoms in total. The zero-order chi connectivity index (χ0) is 40.3. The number of ether oxygens (including phenoxy) is 7. The molecule has 0 aliphatic heterocycles. The van der Waals surface area contributed by atoms with E-state index in [0.717, 1.165) is 0 Å². The largest absolute Gasteiger partial charge is 0.490 e. The summed E-state index contributed by atoms with van der Waals surface area (Å²) < 4.78 is 38.2. The fourth-order valence-electron chi connectivity index (χ4n) is 3.94. The lowest BCUT2D eigenvalue weighted by Gasteiger charge is -2.13. The van der Waals surface area contributed by atoms with Gasteiger partial charge in [-0.25, -0.2) is 19.2 Å². The number of esters is 4. The first-order valence-corrected chi connectivity index (χ1v) is 16.9. The maximum Gasteiger partial charge on any atom is 0.338 e. The van der Waals surface area contributed by atoms with Crippen LogP contribution in [0.15, 0.2) is 109 Å². The van der Waals surface area contributed by atoms with E-state index in [-0.39, 0.29) is 56.5 Å². The van der Waals surface area contributed by atoms with Crippen molar-refractivity contribution in [1.29, 1.82) is 0 Å². The van der Waals surface area contributed by atoms with Gasteiger partial charge >= 0.3 is 23.9 Å². The molecule has 3 aromatic rings. The highest BCUT2D eigenvalue weighted by atomic mass is 16.6. The van der Waals surface area contributed by atoms with Crippen LogP contribution in [0, 0.1) is 23.7 Å². The van der Waals surface area contributed by atoms with Crippen molar-refractivity contribution >= 4 is 23.9 Å². The van der Waals surface area contributed by atoms with Gasteiger partial charge in [-0.2, -0.15) is 0 Å². The molecular weight excluding hydrogens is 704 g/mol. The van der Waals surface area contributed by atoms with Gasteiger partial charge in [-0.15, -0.1) is 0 Å². The van der Waals surface area contributed by atoms with Crippen LogP contribution in [0.3, 0.4) is 0 Å². The quantitative estimate of drug-likeness (QED) is 0.0376. The Bertz CT molecular complexity index is 2070. The summed E-state index contributed by atoms with van der Waals surface area (Å²) in [6.45, 7) is 20.9. The Labute approximate surface area is 321 Å². The Morgan fingerprint density at radius 2 is 0.800 bits per heavy atom. The van der Waals surface area contributed by atoms with Crippen LogP contribution >= 0.6 is 0 Å². The monoisotopic (exact) mass is 746 g/mol. The minimum absolute atomic E-state index is 0.0208. The molecule has 0 saturated heterocycles. The van der Waals surface area contributed by atoms with Gasteiger partial charge in [-0.3, -0.25) is 0 Å². The summed E-state index contributed by atoms with van der Waals surface area (Å²) in [7, 11) is 0. The third-order valence-electron chi connectivity index (χ3n) is 6.81. The lowest BCUT2D eigenvalue weighted by atomic mass is 10.1. The molecule has 0 aromatic heterocycles. The molecule has 0 amide bonds. The predicted molar refractivity (Wildman–Crippen MR) is 206 cm³/mol. The molecule has 0 aliphatic rings. The van der Waals surface area contributed by atoms with Crippen LogP contribution in [0.5, 0.6) is 23.0 Å². The zero-order valence-electron chi connectivity index (χ0n) is 31.3. The topological polar surface area (TPSA) is 133 Å². The van der Waals surface area contributed by atoms with E-state index >= 15 is 0 Å². The SMILES string of the molecule is C=C(C)C(=O)OCCOc1ccc(C#Cc2cc(OC(=O)C(=C)C)c(C#Cc3ccc(OCCOC(=O)C(=C)C)cc3)cc2OCCOC(=O)C(=C)C)cc1. The lowest BCUT2D eigenvalue weighted by Crippen LogP contribution is -2.13. The Morgan fingerprint density at radius 1 is 0.455 bits per heavy atom. The summed E-state index contributed by atoms with van der Waals surface area (Å²) >= 11 is 0. The van der Waals surface area contributed by atoms with Gasteiger partial charge in [0.25, 0.3) is 0 Å². The minimum atomic E-state index is -0.664. The van der Waals surface area contributed by atoms with E-state index in [1.807, 2.05) is 0 Å². The number of hydrogen-bond donors (Lipinski definition) is 0. The van der Waals surface area contributed by atoms with Gasteiger partial charge in [0.2, 0.25) is 0 Å². The molecule has 11 heteroatoms. The van der Waals surface area contributed by atoms with Crippen molar-refractivity contribution in [2.75, 3.05) is 39.6 Å². The molecule has 0 heterocycles. The minimum Gasteiger partial charge on any atom is -0.490 e. The summed E-state index contributed by atoms with van der Waals surface area (Å²) in [6.07, 6.45) is 0. The van der Waals surface area contributed by atoms with Crippen molar-refractivity contribution in [2.24, 2.45) is 0 Å². The van der Waals surface area contributed by atoms with Gasteiger partial charge in [-0.05, 0) is 76.2 Å². The molecule has 0 N–H and O–H groups in total. The standard InChI is InChI=1S/C44H42O11/c1-29(2)41(45)52-24-21-49-37-17-11-33(12-18-37)9-15-35-28-40(55-44(48)32(7)8)36(27-39(35)51-23-26-54-43(47)31(5)6)16-10-34-13-19-38(20-14-34)50-22-25-53-42(46)30(3)4/h11-14,17-20,27-28H,1,3,5,7,21-26H2,2,4,6,8H3. The zero-order valence-corrected chi connectivity index (χ0v) is 31.3. The Balaban J connectivity index is 1.88. The van der Waals surface area contributed by atoms with Crippen LogP contribution < -0.4 is 18.9 Å². The van der Waals surface area contributed by atoms with Crippen molar-refractivity contribution in [3.05, 3.63) is 132 Å². The Hall–Kier alpha value is -6.98. The smallest absolute Gasteiger partial charge is 0.338 e. The fourth-order valence-corrected chi connectivity index (χ4v) is 3.94. The summed E-state index contributed by atoms with van der Waals surface area (Å²) in [5, 5.41) is 0. The number of hydrogen-bond acceptors (Lipinski definition) is 11. The summed E-state index contributed by atoms with van der Waals surface area (Å²) in [4.78, 5) is 47.7. The van der Waals surface area contributed by atoms with Crippen molar-refractivity contribution in [2.45, 2.75) is 27.7 Å². The van der Waals surface area contributed by atoms with E-state index in [9.17, 15) is 19.2 Å². The van der Waals surface area contributed by atoms with Crippen LogP contribution in [-0.2, 0) is 33.4 Å². The first-order valence-electron chi connectivity index (χ1n) is 16.9. The first kappa shape index (κ1) is 42.4. The second-order valence-electron chi connectivity index (χ2n) is 11.9. The molecule has 0 atom stereocenters. The molecule has 0 bridgehead atoms. The second-order valence-corrected chi connectivity index (χ2v) is 11.9. The van der Waals surface area contributed by atoms with Crippen LogP contribution in [0.2, 0.25) is 0 Å². The number of carbonyl (C=O) groups excluding carboxylic acids is 4. The van der Waals surface area contributed by atoms with E-state index in [4.69, 9.17) is 33.2 Å². The van der Waals surface area contributed by atoms with E-state index < -0.39 is 23.9 Å². The summed E-state index contributed by atoms with van der Waals surface area (Å²) in [5.74, 6) is 11.5. The normalized spacial score (nSPS) is 9.82. The average molecular weight is 747 g/mol.